The Kier molecular flexibility index (Phi) is 3.04. The number of aromatic nitrogens is 4. The second-order valence-electron chi connectivity index (χ2n) is 5.18. The molecular formula is C13H16N4O3. The molecule has 0 unspecified atom stereocenters. The Morgan fingerprint density at radius 3 is 2.75 bits per heavy atom. The van der Waals surface area contributed by atoms with E-state index >= 15 is 0 Å². The van der Waals surface area contributed by atoms with Crippen LogP contribution in [0.3, 0.4) is 0 Å². The minimum Gasteiger partial charge on any atom is -0.390 e. The molecule has 106 valence electrons. The molecule has 0 aromatic carbocycles. The van der Waals surface area contributed by atoms with Crippen molar-refractivity contribution in [2.75, 3.05) is 0 Å². The molecule has 2 heterocycles. The summed E-state index contributed by atoms with van der Waals surface area (Å²) in [5, 5.41) is 4.17. The van der Waals surface area contributed by atoms with Gasteiger partial charge in [-0.2, -0.15) is 4.68 Å². The average Bonchev–Trinajstić information content (AvgIpc) is 2.69. The van der Waals surface area contributed by atoms with E-state index in [1.54, 1.807) is 13.8 Å². The lowest BCUT2D eigenvalue weighted by molar-refractivity contribution is 0.272. The van der Waals surface area contributed by atoms with Gasteiger partial charge in [-0.25, -0.2) is 9.78 Å². The van der Waals surface area contributed by atoms with Crippen molar-refractivity contribution in [3.05, 3.63) is 44.4 Å². The third-order valence-electron chi connectivity index (χ3n) is 3.85. The largest absolute Gasteiger partial charge is 0.437 e. The molecule has 0 saturated heterocycles. The lowest BCUT2D eigenvalue weighted by atomic mass is 9.94. The van der Waals surface area contributed by atoms with E-state index in [9.17, 15) is 9.59 Å². The van der Waals surface area contributed by atoms with Crippen molar-refractivity contribution in [1.82, 2.24) is 19.3 Å². The molecule has 1 aliphatic carbocycles. The van der Waals surface area contributed by atoms with Crippen molar-refractivity contribution in [2.45, 2.75) is 45.7 Å². The van der Waals surface area contributed by atoms with Crippen LogP contribution >= 0.6 is 0 Å². The van der Waals surface area contributed by atoms with Gasteiger partial charge in [-0.15, -0.1) is 5.10 Å². The van der Waals surface area contributed by atoms with Crippen LogP contribution in [0, 0.1) is 13.8 Å². The fourth-order valence-electron chi connectivity index (χ4n) is 2.19. The fourth-order valence-corrected chi connectivity index (χ4v) is 2.19. The molecule has 2 aromatic heterocycles. The van der Waals surface area contributed by atoms with Gasteiger partial charge in [0.1, 0.15) is 6.54 Å². The van der Waals surface area contributed by atoms with Gasteiger partial charge in [-0.1, -0.05) is 0 Å². The molecule has 0 radical (unpaired) electrons. The number of nitrogens with zero attached hydrogens (tertiary/aromatic N) is 4. The second-order valence-corrected chi connectivity index (χ2v) is 5.18. The van der Waals surface area contributed by atoms with E-state index in [0.29, 0.717) is 11.3 Å². The minimum atomic E-state index is -0.449. The average molecular weight is 276 g/mol. The van der Waals surface area contributed by atoms with Gasteiger partial charge in [0.2, 0.25) is 5.89 Å². The zero-order chi connectivity index (χ0) is 14.3. The van der Waals surface area contributed by atoms with Gasteiger partial charge in [-0.05, 0) is 33.1 Å². The van der Waals surface area contributed by atoms with Crippen LogP contribution in [0.15, 0.2) is 20.3 Å². The molecule has 0 atom stereocenters. The van der Waals surface area contributed by atoms with Crippen molar-refractivity contribution in [1.29, 1.82) is 0 Å². The predicted molar refractivity (Wildman–Crippen MR) is 70.7 cm³/mol. The molecule has 3 rings (SSSR count). The topological polar surface area (TPSA) is 82.9 Å². The summed E-state index contributed by atoms with van der Waals surface area (Å²) in [5.74, 6) is -0.205. The SMILES string of the molecule is Cc1ncn(Cc2nn(C3CCC3)c(=O)o2)c(=O)c1C. The first-order chi connectivity index (χ1) is 9.56. The highest BCUT2D eigenvalue weighted by Crippen LogP contribution is 2.29. The molecule has 7 heteroatoms. The van der Waals surface area contributed by atoms with Crippen LogP contribution < -0.4 is 11.3 Å². The smallest absolute Gasteiger partial charge is 0.390 e. The molecule has 2 aromatic rings. The summed E-state index contributed by atoms with van der Waals surface area (Å²) in [6.07, 6.45) is 4.47. The van der Waals surface area contributed by atoms with E-state index in [4.69, 9.17) is 4.42 Å². The molecule has 0 amide bonds. The van der Waals surface area contributed by atoms with Gasteiger partial charge in [0.15, 0.2) is 0 Å². The molecule has 1 fully saturated rings. The van der Waals surface area contributed by atoms with E-state index < -0.39 is 5.76 Å². The Hall–Kier alpha value is -2.18. The fraction of sp³-hybridized carbons (Fsp3) is 0.538. The minimum absolute atomic E-state index is 0.127. The number of rotatable bonds is 3. The number of aryl methyl sites for hydroxylation is 1. The van der Waals surface area contributed by atoms with Crippen LogP contribution in [-0.2, 0) is 6.54 Å². The first-order valence-electron chi connectivity index (χ1n) is 6.67. The van der Waals surface area contributed by atoms with E-state index in [1.165, 1.54) is 15.6 Å². The molecule has 0 aliphatic heterocycles. The van der Waals surface area contributed by atoms with E-state index in [0.717, 1.165) is 19.3 Å². The van der Waals surface area contributed by atoms with Crippen LogP contribution in [0.1, 0.15) is 42.5 Å². The standard InChI is InChI=1S/C13H16N4O3/c1-8-9(2)14-7-16(12(8)18)6-11-15-17(13(19)20-11)10-4-3-5-10/h7,10H,3-6H2,1-2H3. The number of hydrogen-bond acceptors (Lipinski definition) is 5. The predicted octanol–water partition coefficient (Wildman–Crippen LogP) is 0.783. The summed E-state index contributed by atoms with van der Waals surface area (Å²) in [7, 11) is 0. The zero-order valence-corrected chi connectivity index (χ0v) is 11.5. The van der Waals surface area contributed by atoms with E-state index in [-0.39, 0.29) is 24.0 Å². The molecule has 20 heavy (non-hydrogen) atoms. The van der Waals surface area contributed by atoms with E-state index in [1.807, 2.05) is 0 Å². The third kappa shape index (κ3) is 2.09. The van der Waals surface area contributed by atoms with Gasteiger partial charge in [0.05, 0.1) is 12.4 Å². The van der Waals surface area contributed by atoms with Crippen molar-refractivity contribution < 1.29 is 4.42 Å². The normalized spacial score (nSPS) is 15.3. The molecule has 1 aliphatic rings. The molecule has 0 spiro atoms. The summed E-state index contributed by atoms with van der Waals surface area (Å²) in [6.45, 7) is 3.64. The van der Waals surface area contributed by atoms with Crippen LogP contribution in [0.25, 0.3) is 0 Å². The highest BCUT2D eigenvalue weighted by atomic mass is 16.4. The van der Waals surface area contributed by atoms with Crippen LogP contribution in [0.5, 0.6) is 0 Å². The van der Waals surface area contributed by atoms with Crippen molar-refractivity contribution in [2.24, 2.45) is 0 Å². The molecule has 1 saturated carbocycles. The third-order valence-corrected chi connectivity index (χ3v) is 3.85. The van der Waals surface area contributed by atoms with Crippen LogP contribution in [0.2, 0.25) is 0 Å². The Balaban J connectivity index is 1.90. The summed E-state index contributed by atoms with van der Waals surface area (Å²) >= 11 is 0. The molecule has 0 N–H and O–H groups in total. The summed E-state index contributed by atoms with van der Waals surface area (Å²) in [5.41, 5.74) is 1.15. The Labute approximate surface area is 114 Å². The Morgan fingerprint density at radius 2 is 2.10 bits per heavy atom. The number of hydrogen-bond donors (Lipinski definition) is 0. The Bertz CT molecular complexity index is 752. The van der Waals surface area contributed by atoms with Gasteiger partial charge in [0, 0.05) is 11.3 Å². The lowest BCUT2D eigenvalue weighted by Gasteiger charge is -2.23. The quantitative estimate of drug-likeness (QED) is 0.827. The molecule has 0 bridgehead atoms. The first kappa shape index (κ1) is 12.8. The van der Waals surface area contributed by atoms with Crippen molar-refractivity contribution in [3.8, 4) is 0 Å². The van der Waals surface area contributed by atoms with Gasteiger partial charge in [0.25, 0.3) is 5.56 Å². The van der Waals surface area contributed by atoms with Crippen LogP contribution in [0.4, 0.5) is 0 Å². The summed E-state index contributed by atoms with van der Waals surface area (Å²) < 4.78 is 7.90. The monoisotopic (exact) mass is 276 g/mol. The maximum Gasteiger partial charge on any atom is 0.437 e. The molecule has 7 nitrogen and oxygen atoms in total. The van der Waals surface area contributed by atoms with Gasteiger partial charge >= 0.3 is 5.76 Å². The maximum atomic E-state index is 12.1. The zero-order valence-electron chi connectivity index (χ0n) is 11.5. The highest BCUT2D eigenvalue weighted by molar-refractivity contribution is 5.12. The van der Waals surface area contributed by atoms with Crippen LogP contribution in [-0.4, -0.2) is 19.3 Å². The lowest BCUT2D eigenvalue weighted by Crippen LogP contribution is -2.27. The van der Waals surface area contributed by atoms with Crippen molar-refractivity contribution >= 4 is 0 Å². The summed E-state index contributed by atoms with van der Waals surface area (Å²) in [4.78, 5) is 27.9. The van der Waals surface area contributed by atoms with Crippen molar-refractivity contribution in [3.63, 3.8) is 0 Å². The van der Waals surface area contributed by atoms with Gasteiger partial charge < -0.3 is 4.42 Å². The maximum absolute atomic E-state index is 12.1. The first-order valence-corrected chi connectivity index (χ1v) is 6.67. The van der Waals surface area contributed by atoms with Gasteiger partial charge in [-0.3, -0.25) is 9.36 Å². The summed E-state index contributed by atoms with van der Waals surface area (Å²) in [6, 6.07) is 0.148. The molecular weight excluding hydrogens is 260 g/mol. The Morgan fingerprint density at radius 1 is 1.35 bits per heavy atom. The highest BCUT2D eigenvalue weighted by Gasteiger charge is 2.24. The second kappa shape index (κ2) is 4.73. The van der Waals surface area contributed by atoms with E-state index in [2.05, 4.69) is 10.1 Å².